The van der Waals surface area contributed by atoms with Crippen LogP contribution in [-0.2, 0) is 0 Å². The molecule has 0 aliphatic heterocycles. The highest BCUT2D eigenvalue weighted by Gasteiger charge is 2.32. The van der Waals surface area contributed by atoms with Gasteiger partial charge in [0.15, 0.2) is 0 Å². The molecule has 1 aromatic carbocycles. The molecule has 0 spiro atoms. The van der Waals surface area contributed by atoms with E-state index in [-0.39, 0.29) is 15.2 Å². The molecular weight excluding hydrogens is 286 g/mol. The summed E-state index contributed by atoms with van der Waals surface area (Å²) in [6.07, 6.45) is -4.76. The molecule has 0 saturated heterocycles. The Kier molecular flexibility index (Phi) is 3.16. The fourth-order valence-corrected chi connectivity index (χ4v) is 1.31. The molecule has 0 unspecified atom stereocenters. The number of anilines is 1. The largest absolute Gasteiger partial charge is 0.573 e. The molecule has 0 heterocycles. The topological polar surface area (TPSA) is 35.2 Å². The Hall–Kier alpha value is -0.620. The minimum absolute atomic E-state index is 0.0192. The van der Waals surface area contributed by atoms with Gasteiger partial charge in [-0.2, -0.15) is 0 Å². The van der Waals surface area contributed by atoms with E-state index in [4.69, 9.17) is 17.3 Å². The number of rotatable bonds is 1. The number of hydrogen-bond donors (Lipinski definition) is 1. The standard InChI is InChI=1S/C7H4BrClF3NO/c8-6-4(9)1-3(13)2-5(6)14-7(10,11)12/h1-2H,13H2. The van der Waals surface area contributed by atoms with Crippen molar-refractivity contribution in [1.82, 2.24) is 0 Å². The average molecular weight is 290 g/mol. The molecule has 78 valence electrons. The number of hydrogen-bond acceptors (Lipinski definition) is 2. The predicted octanol–water partition coefficient (Wildman–Crippen LogP) is 3.58. The molecular formula is C7H4BrClF3NO. The van der Waals surface area contributed by atoms with E-state index in [2.05, 4.69) is 20.7 Å². The Morgan fingerprint density at radius 1 is 1.36 bits per heavy atom. The first kappa shape index (κ1) is 11.5. The summed E-state index contributed by atoms with van der Waals surface area (Å²) in [5.41, 5.74) is 5.39. The second kappa shape index (κ2) is 3.86. The third-order valence-corrected chi connectivity index (χ3v) is 2.59. The molecule has 0 amide bonds. The lowest BCUT2D eigenvalue weighted by atomic mass is 10.3. The van der Waals surface area contributed by atoms with Crippen molar-refractivity contribution in [2.24, 2.45) is 0 Å². The van der Waals surface area contributed by atoms with Gasteiger partial charge in [0.1, 0.15) is 5.75 Å². The Balaban J connectivity index is 3.09. The van der Waals surface area contributed by atoms with Crippen molar-refractivity contribution in [1.29, 1.82) is 0 Å². The summed E-state index contributed by atoms with van der Waals surface area (Å²) in [6.45, 7) is 0. The minimum Gasteiger partial charge on any atom is -0.404 e. The highest BCUT2D eigenvalue weighted by Crippen LogP contribution is 2.37. The zero-order valence-corrected chi connectivity index (χ0v) is 8.87. The molecule has 0 aliphatic carbocycles. The van der Waals surface area contributed by atoms with E-state index >= 15 is 0 Å². The number of benzene rings is 1. The number of halogens is 5. The van der Waals surface area contributed by atoms with Crippen molar-refractivity contribution >= 4 is 33.2 Å². The van der Waals surface area contributed by atoms with Crippen LogP contribution in [0.2, 0.25) is 5.02 Å². The third kappa shape index (κ3) is 2.95. The summed E-state index contributed by atoms with van der Waals surface area (Å²) in [6, 6.07) is 2.35. The quantitative estimate of drug-likeness (QED) is 0.802. The Morgan fingerprint density at radius 2 is 1.93 bits per heavy atom. The van der Waals surface area contributed by atoms with Crippen LogP contribution in [0.5, 0.6) is 5.75 Å². The van der Waals surface area contributed by atoms with E-state index in [0.29, 0.717) is 0 Å². The van der Waals surface area contributed by atoms with Gasteiger partial charge in [0, 0.05) is 11.8 Å². The normalized spacial score (nSPS) is 11.5. The molecule has 14 heavy (non-hydrogen) atoms. The van der Waals surface area contributed by atoms with Gasteiger partial charge in [-0.05, 0) is 22.0 Å². The van der Waals surface area contributed by atoms with Crippen LogP contribution in [-0.4, -0.2) is 6.36 Å². The van der Waals surface area contributed by atoms with Crippen molar-refractivity contribution in [3.63, 3.8) is 0 Å². The van der Waals surface area contributed by atoms with Crippen LogP contribution >= 0.6 is 27.5 Å². The van der Waals surface area contributed by atoms with Gasteiger partial charge in [-0.15, -0.1) is 13.2 Å². The number of nitrogens with two attached hydrogens (primary N) is 1. The number of nitrogen functional groups attached to an aromatic ring is 1. The smallest absolute Gasteiger partial charge is 0.404 e. The maximum Gasteiger partial charge on any atom is 0.573 e. The zero-order chi connectivity index (χ0) is 10.9. The van der Waals surface area contributed by atoms with Gasteiger partial charge < -0.3 is 10.5 Å². The maximum absolute atomic E-state index is 11.9. The van der Waals surface area contributed by atoms with Crippen molar-refractivity contribution in [2.45, 2.75) is 6.36 Å². The van der Waals surface area contributed by atoms with Gasteiger partial charge in [-0.25, -0.2) is 0 Å². The lowest BCUT2D eigenvalue weighted by Gasteiger charge is -2.11. The third-order valence-electron chi connectivity index (χ3n) is 1.24. The van der Waals surface area contributed by atoms with Crippen LogP contribution < -0.4 is 10.5 Å². The van der Waals surface area contributed by atoms with E-state index in [0.717, 1.165) is 6.07 Å². The summed E-state index contributed by atoms with van der Waals surface area (Å²) in [7, 11) is 0. The number of ether oxygens (including phenoxy) is 1. The maximum atomic E-state index is 11.9. The molecule has 2 nitrogen and oxygen atoms in total. The highest BCUT2D eigenvalue weighted by molar-refractivity contribution is 9.10. The van der Waals surface area contributed by atoms with Crippen LogP contribution in [0.15, 0.2) is 16.6 Å². The Labute approximate surface area is 90.9 Å². The Bertz CT molecular complexity index is 356. The van der Waals surface area contributed by atoms with Gasteiger partial charge >= 0.3 is 6.36 Å². The molecule has 0 saturated carbocycles. The molecule has 7 heteroatoms. The van der Waals surface area contributed by atoms with Gasteiger partial charge in [-0.3, -0.25) is 0 Å². The summed E-state index contributed by atoms with van der Waals surface area (Å²) in [4.78, 5) is 0. The first-order valence-corrected chi connectivity index (χ1v) is 4.47. The lowest BCUT2D eigenvalue weighted by Crippen LogP contribution is -2.17. The monoisotopic (exact) mass is 289 g/mol. The summed E-state index contributed by atoms with van der Waals surface area (Å²) >= 11 is 8.43. The summed E-state index contributed by atoms with van der Waals surface area (Å²) < 4.78 is 39.3. The molecule has 0 aliphatic rings. The van der Waals surface area contributed by atoms with Crippen LogP contribution in [0, 0.1) is 0 Å². The van der Waals surface area contributed by atoms with Crippen molar-refractivity contribution in [3.05, 3.63) is 21.6 Å². The van der Waals surface area contributed by atoms with E-state index < -0.39 is 12.1 Å². The fraction of sp³-hybridized carbons (Fsp3) is 0.143. The average Bonchev–Trinajstić information content (AvgIpc) is 1.96. The lowest BCUT2D eigenvalue weighted by molar-refractivity contribution is -0.274. The van der Waals surface area contributed by atoms with Gasteiger partial charge in [-0.1, -0.05) is 11.6 Å². The minimum atomic E-state index is -4.76. The molecule has 0 radical (unpaired) electrons. The predicted molar refractivity (Wildman–Crippen MR) is 50.2 cm³/mol. The Morgan fingerprint density at radius 3 is 2.43 bits per heavy atom. The summed E-state index contributed by atoms with van der Waals surface area (Å²) in [5, 5.41) is 0.0595. The van der Waals surface area contributed by atoms with E-state index in [1.165, 1.54) is 6.07 Å². The number of alkyl halides is 3. The van der Waals surface area contributed by atoms with Crippen molar-refractivity contribution in [2.75, 3.05) is 5.73 Å². The van der Waals surface area contributed by atoms with Crippen LogP contribution in [0.4, 0.5) is 18.9 Å². The molecule has 0 atom stereocenters. The molecule has 0 fully saturated rings. The zero-order valence-electron chi connectivity index (χ0n) is 6.53. The molecule has 1 rings (SSSR count). The second-order valence-corrected chi connectivity index (χ2v) is 3.56. The van der Waals surface area contributed by atoms with Gasteiger partial charge in [0.25, 0.3) is 0 Å². The molecule has 1 aromatic rings. The first-order chi connectivity index (χ1) is 6.29. The second-order valence-electron chi connectivity index (χ2n) is 2.36. The van der Waals surface area contributed by atoms with Crippen molar-refractivity contribution in [3.8, 4) is 5.75 Å². The van der Waals surface area contributed by atoms with E-state index in [9.17, 15) is 13.2 Å². The summed E-state index contributed by atoms with van der Waals surface area (Å²) in [5.74, 6) is -0.456. The van der Waals surface area contributed by atoms with E-state index in [1.807, 2.05) is 0 Å². The highest BCUT2D eigenvalue weighted by atomic mass is 79.9. The fourth-order valence-electron chi connectivity index (χ4n) is 0.783. The first-order valence-electron chi connectivity index (χ1n) is 3.30. The SMILES string of the molecule is Nc1cc(Cl)c(Br)c(OC(F)(F)F)c1. The molecule has 0 aromatic heterocycles. The van der Waals surface area contributed by atoms with Gasteiger partial charge in [0.05, 0.1) is 9.50 Å². The van der Waals surface area contributed by atoms with Crippen LogP contribution in [0.25, 0.3) is 0 Å². The van der Waals surface area contributed by atoms with E-state index in [1.54, 1.807) is 0 Å². The van der Waals surface area contributed by atoms with Crippen molar-refractivity contribution < 1.29 is 17.9 Å². The van der Waals surface area contributed by atoms with Crippen LogP contribution in [0.1, 0.15) is 0 Å². The molecule has 0 bridgehead atoms. The van der Waals surface area contributed by atoms with Gasteiger partial charge in [0.2, 0.25) is 0 Å². The van der Waals surface area contributed by atoms with Crippen LogP contribution in [0.3, 0.4) is 0 Å². The molecule has 2 N–H and O–H groups in total.